The van der Waals surface area contributed by atoms with E-state index in [2.05, 4.69) is 49.7 Å². The Morgan fingerprint density at radius 2 is 1.71 bits per heavy atom. The van der Waals surface area contributed by atoms with Crippen LogP contribution >= 0.6 is 0 Å². The van der Waals surface area contributed by atoms with Crippen molar-refractivity contribution in [1.82, 2.24) is 15.1 Å². The monoisotopic (exact) mass is 295 g/mol. The number of rotatable bonds is 4. The van der Waals surface area contributed by atoms with Crippen molar-refractivity contribution in [2.75, 3.05) is 39.3 Å². The van der Waals surface area contributed by atoms with Gasteiger partial charge in [-0.3, -0.25) is 4.90 Å². The zero-order valence-corrected chi connectivity index (χ0v) is 15.0. The second-order valence-electron chi connectivity index (χ2n) is 8.30. The highest BCUT2D eigenvalue weighted by molar-refractivity contribution is 4.88. The van der Waals surface area contributed by atoms with Crippen LogP contribution in [0.2, 0.25) is 0 Å². The molecule has 0 aromatic heterocycles. The molecular weight excluding hydrogens is 258 g/mol. The average Bonchev–Trinajstić information content (AvgIpc) is 2.42. The summed E-state index contributed by atoms with van der Waals surface area (Å²) in [6.45, 7) is 19.1. The second kappa shape index (κ2) is 7.43. The third-order valence-corrected chi connectivity index (χ3v) is 5.52. The first-order valence-corrected chi connectivity index (χ1v) is 9.11. The second-order valence-corrected chi connectivity index (χ2v) is 8.30. The average molecular weight is 296 g/mol. The highest BCUT2D eigenvalue weighted by Crippen LogP contribution is 2.30. The van der Waals surface area contributed by atoms with Gasteiger partial charge >= 0.3 is 0 Å². The van der Waals surface area contributed by atoms with E-state index in [4.69, 9.17) is 0 Å². The Hall–Kier alpha value is -0.120. The van der Waals surface area contributed by atoms with E-state index in [1.807, 2.05) is 0 Å². The summed E-state index contributed by atoms with van der Waals surface area (Å²) in [5, 5.41) is 3.74. The lowest BCUT2D eigenvalue weighted by molar-refractivity contribution is 0.0452. The first-order valence-electron chi connectivity index (χ1n) is 9.11. The standard InChI is InChI=1S/C18H37N3/c1-6-19-17-8-7-15(2)13-16(17)14-20-9-11-21(12-10-20)18(3,4)5/h15-17,19H,6-14H2,1-5H3. The smallest absolute Gasteiger partial charge is 0.0126 e. The van der Waals surface area contributed by atoms with Gasteiger partial charge in [0.1, 0.15) is 0 Å². The molecule has 0 spiro atoms. The molecule has 124 valence electrons. The van der Waals surface area contributed by atoms with E-state index in [1.54, 1.807) is 0 Å². The highest BCUT2D eigenvalue weighted by atomic mass is 15.3. The molecule has 0 aromatic rings. The Labute approximate surface area is 132 Å². The summed E-state index contributed by atoms with van der Waals surface area (Å²) in [5.74, 6) is 1.77. The summed E-state index contributed by atoms with van der Waals surface area (Å²) in [7, 11) is 0. The molecule has 2 fully saturated rings. The van der Waals surface area contributed by atoms with Crippen LogP contribution in [0.1, 0.15) is 53.9 Å². The molecular formula is C18H37N3. The first kappa shape index (κ1) is 17.2. The Kier molecular flexibility index (Phi) is 6.10. The molecule has 1 aliphatic carbocycles. The van der Waals surface area contributed by atoms with E-state index in [0.717, 1.165) is 24.4 Å². The minimum atomic E-state index is 0.331. The van der Waals surface area contributed by atoms with Crippen molar-refractivity contribution in [1.29, 1.82) is 0 Å². The SMILES string of the molecule is CCNC1CCC(C)CC1CN1CCN(C(C)(C)C)CC1. The van der Waals surface area contributed by atoms with Crippen LogP contribution in [0.25, 0.3) is 0 Å². The Bertz CT molecular complexity index is 302. The number of nitrogens with one attached hydrogen (secondary N) is 1. The molecule has 1 heterocycles. The third-order valence-electron chi connectivity index (χ3n) is 5.52. The fourth-order valence-corrected chi connectivity index (χ4v) is 4.16. The number of piperazine rings is 1. The maximum atomic E-state index is 3.74. The van der Waals surface area contributed by atoms with Gasteiger partial charge in [-0.05, 0) is 58.4 Å². The van der Waals surface area contributed by atoms with Gasteiger partial charge < -0.3 is 10.2 Å². The summed E-state index contributed by atoms with van der Waals surface area (Å²) >= 11 is 0. The highest BCUT2D eigenvalue weighted by Gasteiger charge is 2.31. The van der Waals surface area contributed by atoms with Gasteiger partial charge in [0.15, 0.2) is 0 Å². The Balaban J connectivity index is 1.83. The van der Waals surface area contributed by atoms with E-state index >= 15 is 0 Å². The fourth-order valence-electron chi connectivity index (χ4n) is 4.16. The zero-order chi connectivity index (χ0) is 15.5. The van der Waals surface area contributed by atoms with Crippen molar-refractivity contribution in [3.63, 3.8) is 0 Å². The molecule has 2 rings (SSSR count). The third kappa shape index (κ3) is 4.94. The predicted octanol–water partition coefficient (Wildman–Crippen LogP) is 2.82. The molecule has 0 radical (unpaired) electrons. The van der Waals surface area contributed by atoms with Crippen LogP contribution in [0.4, 0.5) is 0 Å². The van der Waals surface area contributed by atoms with Crippen LogP contribution in [-0.2, 0) is 0 Å². The van der Waals surface area contributed by atoms with Gasteiger partial charge in [-0.1, -0.05) is 13.8 Å². The molecule has 3 heteroatoms. The largest absolute Gasteiger partial charge is 0.314 e. The molecule has 2 aliphatic rings. The first-order chi connectivity index (χ1) is 9.90. The number of hydrogen-bond acceptors (Lipinski definition) is 3. The molecule has 3 unspecified atom stereocenters. The van der Waals surface area contributed by atoms with Crippen LogP contribution in [0, 0.1) is 11.8 Å². The van der Waals surface area contributed by atoms with Gasteiger partial charge in [-0.15, -0.1) is 0 Å². The van der Waals surface area contributed by atoms with E-state index in [0.29, 0.717) is 5.54 Å². The molecule has 3 nitrogen and oxygen atoms in total. The van der Waals surface area contributed by atoms with Gasteiger partial charge in [0, 0.05) is 44.3 Å². The van der Waals surface area contributed by atoms with E-state index < -0.39 is 0 Å². The van der Waals surface area contributed by atoms with Gasteiger partial charge in [0.25, 0.3) is 0 Å². The van der Waals surface area contributed by atoms with Crippen molar-refractivity contribution >= 4 is 0 Å². The minimum Gasteiger partial charge on any atom is -0.314 e. The van der Waals surface area contributed by atoms with Crippen LogP contribution in [0.5, 0.6) is 0 Å². The normalized spacial score (nSPS) is 33.3. The quantitative estimate of drug-likeness (QED) is 0.860. The van der Waals surface area contributed by atoms with Crippen molar-refractivity contribution in [2.24, 2.45) is 11.8 Å². The lowest BCUT2D eigenvalue weighted by Gasteiger charge is -2.44. The summed E-state index contributed by atoms with van der Waals surface area (Å²) < 4.78 is 0. The van der Waals surface area contributed by atoms with Crippen LogP contribution in [0.15, 0.2) is 0 Å². The summed E-state index contributed by atoms with van der Waals surface area (Å²) in [5.41, 5.74) is 0.331. The van der Waals surface area contributed by atoms with E-state index in [-0.39, 0.29) is 0 Å². The summed E-state index contributed by atoms with van der Waals surface area (Å²) in [6.07, 6.45) is 4.20. The molecule has 1 saturated heterocycles. The predicted molar refractivity (Wildman–Crippen MR) is 91.7 cm³/mol. The lowest BCUT2D eigenvalue weighted by atomic mass is 9.78. The van der Waals surface area contributed by atoms with E-state index in [1.165, 1.54) is 52.0 Å². The maximum Gasteiger partial charge on any atom is 0.0126 e. The zero-order valence-electron chi connectivity index (χ0n) is 15.0. The summed E-state index contributed by atoms with van der Waals surface area (Å²) in [6, 6.07) is 0.756. The van der Waals surface area contributed by atoms with Gasteiger partial charge in [-0.25, -0.2) is 0 Å². The maximum absolute atomic E-state index is 3.74. The summed E-state index contributed by atoms with van der Waals surface area (Å²) in [4.78, 5) is 5.35. The van der Waals surface area contributed by atoms with Crippen molar-refractivity contribution < 1.29 is 0 Å². The van der Waals surface area contributed by atoms with Crippen LogP contribution in [-0.4, -0.2) is 60.6 Å². The molecule has 0 bridgehead atoms. The molecule has 3 atom stereocenters. The van der Waals surface area contributed by atoms with Crippen molar-refractivity contribution in [3.05, 3.63) is 0 Å². The van der Waals surface area contributed by atoms with Gasteiger partial charge in [-0.2, -0.15) is 0 Å². The Morgan fingerprint density at radius 3 is 2.29 bits per heavy atom. The number of hydrogen-bond donors (Lipinski definition) is 1. The van der Waals surface area contributed by atoms with Gasteiger partial charge in [0.05, 0.1) is 0 Å². The lowest BCUT2D eigenvalue weighted by Crippen LogP contribution is -2.55. The molecule has 21 heavy (non-hydrogen) atoms. The molecule has 1 aliphatic heterocycles. The van der Waals surface area contributed by atoms with Crippen LogP contribution in [0.3, 0.4) is 0 Å². The van der Waals surface area contributed by atoms with E-state index in [9.17, 15) is 0 Å². The topological polar surface area (TPSA) is 18.5 Å². The number of nitrogens with zero attached hydrogens (tertiary/aromatic N) is 2. The molecule has 0 aromatic carbocycles. The van der Waals surface area contributed by atoms with Crippen molar-refractivity contribution in [2.45, 2.75) is 65.5 Å². The molecule has 1 saturated carbocycles. The van der Waals surface area contributed by atoms with Crippen LogP contribution < -0.4 is 5.32 Å². The molecule has 0 amide bonds. The minimum absolute atomic E-state index is 0.331. The fraction of sp³-hybridized carbons (Fsp3) is 1.00. The Morgan fingerprint density at radius 1 is 1.05 bits per heavy atom. The van der Waals surface area contributed by atoms with Crippen molar-refractivity contribution in [3.8, 4) is 0 Å². The molecule has 1 N–H and O–H groups in total. The van der Waals surface area contributed by atoms with Gasteiger partial charge in [0.2, 0.25) is 0 Å².